The molecular weight excluding hydrogens is 178 g/mol. The lowest BCUT2D eigenvalue weighted by molar-refractivity contribution is 0.151. The molecule has 14 heavy (non-hydrogen) atoms. The van der Waals surface area contributed by atoms with Crippen LogP contribution < -0.4 is 10.6 Å². The Labute approximate surface area is 85.0 Å². The normalized spacial score (nSPS) is 26.4. The number of carbonyl (C=O) groups excluding carboxylic acids is 1. The zero-order chi connectivity index (χ0) is 10.0. The van der Waals surface area contributed by atoms with Gasteiger partial charge in [0.25, 0.3) is 0 Å². The van der Waals surface area contributed by atoms with Gasteiger partial charge in [0.05, 0.1) is 0 Å². The molecule has 0 radical (unpaired) electrons. The van der Waals surface area contributed by atoms with Gasteiger partial charge in [-0.25, -0.2) is 4.79 Å². The van der Waals surface area contributed by atoms with Crippen molar-refractivity contribution in [3.63, 3.8) is 0 Å². The van der Waals surface area contributed by atoms with E-state index in [0.29, 0.717) is 5.41 Å². The summed E-state index contributed by atoms with van der Waals surface area (Å²) in [6, 6.07) is 0.116. The predicted octanol–water partition coefficient (Wildman–Crippen LogP) is 0.401. The number of hydrogen-bond acceptors (Lipinski definition) is 2. The molecule has 2 aliphatic heterocycles. The molecule has 0 saturated carbocycles. The van der Waals surface area contributed by atoms with Crippen molar-refractivity contribution in [2.75, 3.05) is 32.7 Å². The Morgan fingerprint density at radius 1 is 1.36 bits per heavy atom. The first-order valence-corrected chi connectivity index (χ1v) is 5.43. The van der Waals surface area contributed by atoms with Crippen molar-refractivity contribution in [1.82, 2.24) is 15.5 Å². The van der Waals surface area contributed by atoms with Crippen LogP contribution >= 0.6 is 0 Å². The molecule has 0 bridgehead atoms. The van der Waals surface area contributed by atoms with Crippen molar-refractivity contribution in [3.8, 4) is 0 Å². The zero-order valence-corrected chi connectivity index (χ0v) is 8.81. The lowest BCUT2D eigenvalue weighted by Crippen LogP contribution is -2.44. The number of amides is 2. The van der Waals surface area contributed by atoms with Gasteiger partial charge >= 0.3 is 6.03 Å². The second-order valence-electron chi connectivity index (χ2n) is 4.71. The summed E-state index contributed by atoms with van der Waals surface area (Å²) < 4.78 is 0. The molecule has 2 amide bonds. The molecule has 2 heterocycles. The fraction of sp³-hybridized carbons (Fsp3) is 0.900. The third kappa shape index (κ3) is 2.00. The molecule has 0 aromatic heterocycles. The van der Waals surface area contributed by atoms with Gasteiger partial charge in [-0.2, -0.15) is 0 Å². The second-order valence-corrected chi connectivity index (χ2v) is 4.71. The Morgan fingerprint density at radius 3 is 2.64 bits per heavy atom. The number of nitrogens with one attached hydrogen (secondary N) is 2. The van der Waals surface area contributed by atoms with E-state index >= 15 is 0 Å². The highest BCUT2D eigenvalue weighted by molar-refractivity contribution is 5.76. The highest BCUT2D eigenvalue weighted by atomic mass is 16.2. The summed E-state index contributed by atoms with van der Waals surface area (Å²) in [5.74, 6) is 0. The molecule has 80 valence electrons. The lowest BCUT2D eigenvalue weighted by atomic mass is 9.80. The third-order valence-electron chi connectivity index (χ3n) is 3.33. The van der Waals surface area contributed by atoms with E-state index < -0.39 is 0 Å². The average molecular weight is 197 g/mol. The van der Waals surface area contributed by atoms with E-state index in [0.717, 1.165) is 32.7 Å². The number of rotatable bonds is 2. The van der Waals surface area contributed by atoms with E-state index in [1.165, 1.54) is 12.8 Å². The number of nitrogens with zero attached hydrogens (tertiary/aromatic N) is 1. The highest BCUT2D eigenvalue weighted by Crippen LogP contribution is 2.29. The standard InChI is InChI=1S/C10H19N3O/c1-10(2-4-11-5-3-10)8-13-7-6-12-9(13)14/h11H,2-8H2,1H3,(H,12,14). The molecule has 4 heteroatoms. The van der Waals surface area contributed by atoms with Crippen LogP contribution in [0, 0.1) is 5.41 Å². The van der Waals surface area contributed by atoms with Gasteiger partial charge in [-0.15, -0.1) is 0 Å². The van der Waals surface area contributed by atoms with Crippen LogP contribution in [0.25, 0.3) is 0 Å². The number of hydrogen-bond donors (Lipinski definition) is 2. The van der Waals surface area contributed by atoms with Crippen LogP contribution in [0.1, 0.15) is 19.8 Å². The zero-order valence-electron chi connectivity index (χ0n) is 8.81. The van der Waals surface area contributed by atoms with E-state index in [9.17, 15) is 4.79 Å². The van der Waals surface area contributed by atoms with Gasteiger partial charge in [0.2, 0.25) is 0 Å². The number of piperidine rings is 1. The van der Waals surface area contributed by atoms with Gasteiger partial charge in [-0.1, -0.05) is 6.92 Å². The van der Waals surface area contributed by atoms with Gasteiger partial charge in [0, 0.05) is 19.6 Å². The Bertz CT molecular complexity index is 223. The minimum Gasteiger partial charge on any atom is -0.336 e. The highest BCUT2D eigenvalue weighted by Gasteiger charge is 2.32. The average Bonchev–Trinajstić information content (AvgIpc) is 2.52. The van der Waals surface area contributed by atoms with Gasteiger partial charge in [-0.3, -0.25) is 0 Å². The Hall–Kier alpha value is -0.770. The molecule has 0 spiro atoms. The van der Waals surface area contributed by atoms with E-state index in [4.69, 9.17) is 0 Å². The van der Waals surface area contributed by atoms with Crippen LogP contribution in [-0.2, 0) is 0 Å². The van der Waals surface area contributed by atoms with E-state index in [1.54, 1.807) is 0 Å². The minimum absolute atomic E-state index is 0.116. The van der Waals surface area contributed by atoms with Crippen molar-refractivity contribution in [2.45, 2.75) is 19.8 Å². The summed E-state index contributed by atoms with van der Waals surface area (Å²) >= 11 is 0. The molecule has 2 N–H and O–H groups in total. The molecule has 0 aromatic carbocycles. The Morgan fingerprint density at radius 2 is 2.07 bits per heavy atom. The first-order chi connectivity index (χ1) is 6.70. The molecule has 0 aliphatic carbocycles. The lowest BCUT2D eigenvalue weighted by Gasteiger charge is -2.36. The monoisotopic (exact) mass is 197 g/mol. The van der Waals surface area contributed by atoms with E-state index in [2.05, 4.69) is 17.6 Å². The first kappa shape index (κ1) is 9.77. The maximum atomic E-state index is 11.4. The van der Waals surface area contributed by atoms with Crippen molar-refractivity contribution in [3.05, 3.63) is 0 Å². The summed E-state index contributed by atoms with van der Waals surface area (Å²) in [5, 5.41) is 6.20. The smallest absolute Gasteiger partial charge is 0.317 e. The van der Waals surface area contributed by atoms with Crippen molar-refractivity contribution >= 4 is 6.03 Å². The largest absolute Gasteiger partial charge is 0.336 e. The maximum Gasteiger partial charge on any atom is 0.317 e. The Kier molecular flexibility index (Phi) is 2.63. The molecule has 2 fully saturated rings. The quantitative estimate of drug-likeness (QED) is 0.673. The summed E-state index contributed by atoms with van der Waals surface area (Å²) in [6.07, 6.45) is 2.35. The molecule has 0 atom stereocenters. The second kappa shape index (κ2) is 3.77. The minimum atomic E-state index is 0.116. The summed E-state index contributed by atoms with van der Waals surface area (Å²) in [6.45, 7) is 7.08. The third-order valence-corrected chi connectivity index (χ3v) is 3.33. The van der Waals surface area contributed by atoms with Crippen LogP contribution in [0.5, 0.6) is 0 Å². The van der Waals surface area contributed by atoms with Gasteiger partial charge in [0.15, 0.2) is 0 Å². The maximum absolute atomic E-state index is 11.4. The summed E-state index contributed by atoms with van der Waals surface area (Å²) in [4.78, 5) is 13.3. The van der Waals surface area contributed by atoms with E-state index in [1.807, 2.05) is 4.90 Å². The fourth-order valence-corrected chi connectivity index (χ4v) is 2.31. The van der Waals surface area contributed by atoms with Crippen LogP contribution in [0.15, 0.2) is 0 Å². The Balaban J connectivity index is 1.91. The van der Waals surface area contributed by atoms with Gasteiger partial charge in [0.1, 0.15) is 0 Å². The molecule has 2 rings (SSSR count). The molecule has 0 aromatic rings. The van der Waals surface area contributed by atoms with Crippen molar-refractivity contribution in [1.29, 1.82) is 0 Å². The predicted molar refractivity (Wildman–Crippen MR) is 55.2 cm³/mol. The molecule has 2 aliphatic rings. The summed E-state index contributed by atoms with van der Waals surface area (Å²) in [5.41, 5.74) is 0.326. The molecule has 4 nitrogen and oxygen atoms in total. The topological polar surface area (TPSA) is 44.4 Å². The molecular formula is C10H19N3O. The molecule has 2 saturated heterocycles. The van der Waals surface area contributed by atoms with Crippen molar-refractivity contribution < 1.29 is 4.79 Å². The first-order valence-electron chi connectivity index (χ1n) is 5.43. The molecule has 0 unspecified atom stereocenters. The fourth-order valence-electron chi connectivity index (χ4n) is 2.31. The van der Waals surface area contributed by atoms with Crippen LogP contribution in [0.2, 0.25) is 0 Å². The summed E-state index contributed by atoms with van der Waals surface area (Å²) in [7, 11) is 0. The SMILES string of the molecule is CC1(CN2CCNC2=O)CCNCC1. The number of carbonyl (C=O) groups is 1. The van der Waals surface area contributed by atoms with Crippen LogP contribution in [-0.4, -0.2) is 43.7 Å². The van der Waals surface area contributed by atoms with Crippen LogP contribution in [0.3, 0.4) is 0 Å². The van der Waals surface area contributed by atoms with E-state index in [-0.39, 0.29) is 6.03 Å². The van der Waals surface area contributed by atoms with Gasteiger partial charge < -0.3 is 15.5 Å². The van der Waals surface area contributed by atoms with Crippen molar-refractivity contribution in [2.24, 2.45) is 5.41 Å². The van der Waals surface area contributed by atoms with Crippen LogP contribution in [0.4, 0.5) is 4.79 Å². The van der Waals surface area contributed by atoms with Gasteiger partial charge in [-0.05, 0) is 31.3 Å². The number of urea groups is 1.